The molecule has 0 spiro atoms. The maximum absolute atomic E-state index is 9.90. The standard InChI is InChI=1S/C15H12N2O4/c1-8-2-4-10(12(19)6-8)15-16-14(17-21-15)9-3-5-11(18)13(20)7-9/h2-7,18-20H,1H3. The number of aromatic nitrogens is 2. The van der Waals surface area contributed by atoms with Crippen LogP contribution in [0.5, 0.6) is 17.2 Å². The maximum atomic E-state index is 9.90. The average molecular weight is 284 g/mol. The van der Waals surface area contributed by atoms with Gasteiger partial charge in [-0.15, -0.1) is 0 Å². The minimum atomic E-state index is -0.267. The summed E-state index contributed by atoms with van der Waals surface area (Å²) < 4.78 is 5.13. The van der Waals surface area contributed by atoms with Crippen LogP contribution in [0.25, 0.3) is 22.8 Å². The van der Waals surface area contributed by atoms with Crippen LogP contribution in [-0.2, 0) is 0 Å². The van der Waals surface area contributed by atoms with Gasteiger partial charge in [0.15, 0.2) is 11.5 Å². The van der Waals surface area contributed by atoms with Crippen LogP contribution < -0.4 is 0 Å². The average Bonchev–Trinajstić information content (AvgIpc) is 2.91. The van der Waals surface area contributed by atoms with Gasteiger partial charge in [-0.05, 0) is 42.8 Å². The van der Waals surface area contributed by atoms with Crippen LogP contribution >= 0.6 is 0 Å². The highest BCUT2D eigenvalue weighted by Crippen LogP contribution is 2.32. The van der Waals surface area contributed by atoms with Gasteiger partial charge in [-0.3, -0.25) is 0 Å². The molecule has 0 amide bonds. The fourth-order valence-corrected chi connectivity index (χ4v) is 1.94. The van der Waals surface area contributed by atoms with E-state index in [1.54, 1.807) is 18.2 Å². The third-order valence-electron chi connectivity index (χ3n) is 3.04. The molecule has 0 aliphatic rings. The summed E-state index contributed by atoms with van der Waals surface area (Å²) in [6, 6.07) is 9.34. The minimum Gasteiger partial charge on any atom is -0.507 e. The Hall–Kier alpha value is -3.02. The van der Waals surface area contributed by atoms with Crippen LogP contribution in [0.3, 0.4) is 0 Å². The molecular formula is C15H12N2O4. The molecule has 0 bridgehead atoms. The van der Waals surface area contributed by atoms with Gasteiger partial charge < -0.3 is 19.8 Å². The van der Waals surface area contributed by atoms with E-state index in [2.05, 4.69) is 10.1 Å². The van der Waals surface area contributed by atoms with Crippen molar-refractivity contribution in [3.8, 4) is 40.1 Å². The zero-order valence-electron chi connectivity index (χ0n) is 11.1. The Balaban J connectivity index is 2.01. The first-order valence-corrected chi connectivity index (χ1v) is 6.20. The monoisotopic (exact) mass is 284 g/mol. The second-order valence-electron chi connectivity index (χ2n) is 4.65. The smallest absolute Gasteiger partial charge is 0.261 e. The van der Waals surface area contributed by atoms with Crippen LogP contribution in [-0.4, -0.2) is 25.5 Å². The van der Waals surface area contributed by atoms with Crippen molar-refractivity contribution in [1.29, 1.82) is 0 Å². The van der Waals surface area contributed by atoms with Gasteiger partial charge in [0.2, 0.25) is 5.82 Å². The van der Waals surface area contributed by atoms with Gasteiger partial charge in [0, 0.05) is 5.56 Å². The summed E-state index contributed by atoms with van der Waals surface area (Å²) in [6.07, 6.45) is 0. The molecule has 1 aromatic heterocycles. The van der Waals surface area contributed by atoms with Crippen molar-refractivity contribution in [3.63, 3.8) is 0 Å². The maximum Gasteiger partial charge on any atom is 0.261 e. The quantitative estimate of drug-likeness (QED) is 0.626. The second-order valence-corrected chi connectivity index (χ2v) is 4.65. The SMILES string of the molecule is Cc1ccc(-c2nc(-c3ccc(O)c(O)c3)no2)c(O)c1. The number of rotatable bonds is 2. The van der Waals surface area contributed by atoms with Gasteiger partial charge in [0.1, 0.15) is 5.75 Å². The molecule has 0 fully saturated rings. The van der Waals surface area contributed by atoms with Crippen LogP contribution in [0.4, 0.5) is 0 Å². The number of hydrogen-bond acceptors (Lipinski definition) is 6. The van der Waals surface area contributed by atoms with Crippen molar-refractivity contribution in [3.05, 3.63) is 42.0 Å². The third-order valence-corrected chi connectivity index (χ3v) is 3.04. The predicted octanol–water partition coefficient (Wildman–Crippen LogP) is 2.83. The highest BCUT2D eigenvalue weighted by atomic mass is 16.5. The molecule has 21 heavy (non-hydrogen) atoms. The summed E-state index contributed by atoms with van der Waals surface area (Å²) >= 11 is 0. The Bertz CT molecular complexity index is 811. The predicted molar refractivity (Wildman–Crippen MR) is 74.9 cm³/mol. The second kappa shape index (κ2) is 4.82. The Morgan fingerprint density at radius 1 is 0.905 bits per heavy atom. The molecular weight excluding hydrogens is 272 g/mol. The minimum absolute atomic E-state index is 0.0544. The van der Waals surface area contributed by atoms with Crippen molar-refractivity contribution in [2.75, 3.05) is 0 Å². The third kappa shape index (κ3) is 2.38. The fourth-order valence-electron chi connectivity index (χ4n) is 1.94. The molecule has 3 rings (SSSR count). The van der Waals surface area contributed by atoms with E-state index in [1.165, 1.54) is 12.1 Å². The van der Waals surface area contributed by atoms with E-state index in [0.29, 0.717) is 11.1 Å². The molecule has 0 atom stereocenters. The zero-order chi connectivity index (χ0) is 15.0. The Labute approximate surface area is 119 Å². The normalized spacial score (nSPS) is 10.7. The summed E-state index contributed by atoms with van der Waals surface area (Å²) in [5.41, 5.74) is 1.84. The van der Waals surface area contributed by atoms with Crippen molar-refractivity contribution in [2.45, 2.75) is 6.92 Å². The van der Waals surface area contributed by atoms with E-state index in [4.69, 9.17) is 4.52 Å². The number of benzene rings is 2. The Morgan fingerprint density at radius 3 is 2.43 bits per heavy atom. The molecule has 6 nitrogen and oxygen atoms in total. The molecule has 0 saturated heterocycles. The van der Waals surface area contributed by atoms with Crippen LogP contribution in [0.2, 0.25) is 0 Å². The number of aromatic hydroxyl groups is 3. The summed E-state index contributed by atoms with van der Waals surface area (Å²) in [5.74, 6) is -0.00947. The Kier molecular flexibility index (Phi) is 2.98. The number of hydrogen-bond donors (Lipinski definition) is 3. The molecule has 3 N–H and O–H groups in total. The van der Waals surface area contributed by atoms with Gasteiger partial charge in [-0.25, -0.2) is 0 Å². The van der Waals surface area contributed by atoms with E-state index in [-0.39, 0.29) is 29.0 Å². The van der Waals surface area contributed by atoms with E-state index in [0.717, 1.165) is 5.56 Å². The Morgan fingerprint density at radius 2 is 1.71 bits per heavy atom. The highest BCUT2D eigenvalue weighted by molar-refractivity contribution is 5.66. The molecule has 2 aromatic carbocycles. The number of phenols is 3. The summed E-state index contributed by atoms with van der Waals surface area (Å²) in [7, 11) is 0. The summed E-state index contributed by atoms with van der Waals surface area (Å²) in [4.78, 5) is 4.18. The van der Waals surface area contributed by atoms with Gasteiger partial charge in [-0.1, -0.05) is 11.2 Å². The van der Waals surface area contributed by atoms with Crippen molar-refractivity contribution in [2.24, 2.45) is 0 Å². The molecule has 0 saturated carbocycles. The topological polar surface area (TPSA) is 99.6 Å². The lowest BCUT2D eigenvalue weighted by molar-refractivity contribution is 0.403. The molecule has 3 aromatic rings. The van der Waals surface area contributed by atoms with Crippen molar-refractivity contribution >= 4 is 0 Å². The van der Waals surface area contributed by atoms with Crippen LogP contribution in [0.1, 0.15) is 5.56 Å². The van der Waals surface area contributed by atoms with Crippen LogP contribution in [0, 0.1) is 6.92 Å². The lowest BCUT2D eigenvalue weighted by atomic mass is 10.1. The van der Waals surface area contributed by atoms with E-state index in [9.17, 15) is 15.3 Å². The van der Waals surface area contributed by atoms with E-state index < -0.39 is 0 Å². The molecule has 6 heteroatoms. The molecule has 0 unspecified atom stereocenters. The molecule has 1 heterocycles. The molecule has 0 aliphatic carbocycles. The fraction of sp³-hybridized carbons (Fsp3) is 0.0667. The van der Waals surface area contributed by atoms with Gasteiger partial charge in [-0.2, -0.15) is 4.98 Å². The first-order valence-electron chi connectivity index (χ1n) is 6.20. The largest absolute Gasteiger partial charge is 0.507 e. The lowest BCUT2D eigenvalue weighted by Crippen LogP contribution is -1.83. The van der Waals surface area contributed by atoms with Crippen LogP contribution in [0.15, 0.2) is 40.9 Å². The van der Waals surface area contributed by atoms with E-state index in [1.807, 2.05) is 13.0 Å². The van der Waals surface area contributed by atoms with Gasteiger partial charge >= 0.3 is 0 Å². The number of nitrogens with zero attached hydrogens (tertiary/aromatic N) is 2. The van der Waals surface area contributed by atoms with E-state index >= 15 is 0 Å². The summed E-state index contributed by atoms with van der Waals surface area (Å²) in [6.45, 7) is 1.86. The first-order chi connectivity index (χ1) is 10.0. The van der Waals surface area contributed by atoms with Crippen molar-refractivity contribution < 1.29 is 19.8 Å². The van der Waals surface area contributed by atoms with Gasteiger partial charge in [0.25, 0.3) is 5.89 Å². The highest BCUT2D eigenvalue weighted by Gasteiger charge is 2.15. The molecule has 0 radical (unpaired) electrons. The molecule has 0 aliphatic heterocycles. The number of phenolic OH excluding ortho intramolecular Hbond substituents is 3. The zero-order valence-corrected chi connectivity index (χ0v) is 11.1. The lowest BCUT2D eigenvalue weighted by Gasteiger charge is -2.00. The first kappa shape index (κ1) is 13.0. The molecule has 106 valence electrons. The van der Waals surface area contributed by atoms with Gasteiger partial charge in [0.05, 0.1) is 5.56 Å². The summed E-state index contributed by atoms with van der Waals surface area (Å²) in [5, 5.41) is 32.5. The number of aryl methyl sites for hydroxylation is 1. The van der Waals surface area contributed by atoms with Crippen molar-refractivity contribution in [1.82, 2.24) is 10.1 Å².